The number of pyridine rings is 1. The van der Waals surface area contributed by atoms with E-state index >= 15 is 0 Å². The van der Waals surface area contributed by atoms with E-state index in [1.54, 1.807) is 53.2 Å². The van der Waals surface area contributed by atoms with Gasteiger partial charge in [-0.15, -0.1) is 0 Å². The highest BCUT2D eigenvalue weighted by Gasteiger charge is 2.08. The summed E-state index contributed by atoms with van der Waals surface area (Å²) in [4.78, 5) is 35.1. The van der Waals surface area contributed by atoms with Gasteiger partial charge in [0.1, 0.15) is 6.54 Å². The Morgan fingerprint density at radius 1 is 0.960 bits per heavy atom. The Bertz CT molecular complexity index is 1010. The fourth-order valence-electron chi connectivity index (χ4n) is 2.57. The molecule has 0 bridgehead atoms. The molecule has 0 saturated carbocycles. The van der Waals surface area contributed by atoms with E-state index in [0.29, 0.717) is 22.3 Å². The van der Waals surface area contributed by atoms with Gasteiger partial charge < -0.3 is 20.9 Å². The van der Waals surface area contributed by atoms with Crippen molar-refractivity contribution in [3.63, 3.8) is 0 Å². The van der Waals surface area contributed by atoms with Crippen molar-refractivity contribution in [2.24, 2.45) is 5.73 Å². The normalized spacial score (nSPS) is 10.4. The predicted octanol–water partition coefficient (Wildman–Crippen LogP) is 2.13. The van der Waals surface area contributed by atoms with Gasteiger partial charge >= 0.3 is 6.03 Å². The monoisotopic (exact) mass is 336 g/mol. The summed E-state index contributed by atoms with van der Waals surface area (Å²) in [5, 5.41) is 5.76. The first-order chi connectivity index (χ1) is 12.0. The van der Waals surface area contributed by atoms with E-state index in [2.05, 4.69) is 10.6 Å². The molecular formula is C18H16N4O3. The summed E-state index contributed by atoms with van der Waals surface area (Å²) in [5.41, 5.74) is 6.69. The van der Waals surface area contributed by atoms with Gasteiger partial charge in [0, 0.05) is 29.0 Å². The minimum Gasteiger partial charge on any atom is -0.351 e. The zero-order valence-corrected chi connectivity index (χ0v) is 13.2. The quantitative estimate of drug-likeness (QED) is 0.679. The molecule has 7 nitrogen and oxygen atoms in total. The molecule has 0 radical (unpaired) electrons. The summed E-state index contributed by atoms with van der Waals surface area (Å²) in [5.74, 6) is -0.259. The molecule has 3 amide bonds. The van der Waals surface area contributed by atoms with Crippen molar-refractivity contribution in [3.05, 3.63) is 71.0 Å². The second-order valence-corrected chi connectivity index (χ2v) is 5.44. The van der Waals surface area contributed by atoms with E-state index in [0.717, 1.165) is 0 Å². The number of rotatable bonds is 4. The number of benzene rings is 2. The molecule has 0 aliphatic carbocycles. The maximum absolute atomic E-state index is 12.3. The minimum absolute atomic E-state index is 0.0499. The van der Waals surface area contributed by atoms with Crippen molar-refractivity contribution in [1.29, 1.82) is 0 Å². The predicted molar refractivity (Wildman–Crippen MR) is 96.5 cm³/mol. The van der Waals surface area contributed by atoms with Crippen molar-refractivity contribution >= 4 is 34.2 Å². The topological polar surface area (TPSA) is 106 Å². The molecule has 0 aliphatic heterocycles. The number of aromatic nitrogens is 1. The number of primary amides is 1. The second kappa shape index (κ2) is 6.88. The summed E-state index contributed by atoms with van der Waals surface area (Å²) in [6.45, 7) is 0.0499. The van der Waals surface area contributed by atoms with E-state index in [4.69, 9.17) is 5.73 Å². The third-order valence-corrected chi connectivity index (χ3v) is 3.61. The first-order valence-corrected chi connectivity index (χ1v) is 7.57. The van der Waals surface area contributed by atoms with Gasteiger partial charge in [0.05, 0.1) is 5.52 Å². The number of urea groups is 1. The first kappa shape index (κ1) is 16.3. The first-order valence-electron chi connectivity index (χ1n) is 7.57. The molecule has 2 aromatic carbocycles. The van der Waals surface area contributed by atoms with Crippen LogP contribution in [-0.4, -0.2) is 16.5 Å². The van der Waals surface area contributed by atoms with Crippen LogP contribution < -0.4 is 21.8 Å². The lowest BCUT2D eigenvalue weighted by molar-refractivity contribution is -0.116. The number of fused-ring (bicyclic) bond motifs is 1. The number of anilines is 2. The number of para-hydroxylation sites is 1. The van der Waals surface area contributed by atoms with Gasteiger partial charge in [0.25, 0.3) is 0 Å². The van der Waals surface area contributed by atoms with Crippen LogP contribution in [0.15, 0.2) is 65.6 Å². The number of hydrogen-bond acceptors (Lipinski definition) is 3. The third kappa shape index (κ3) is 3.84. The van der Waals surface area contributed by atoms with Gasteiger partial charge in [-0.05, 0) is 30.3 Å². The van der Waals surface area contributed by atoms with Crippen LogP contribution in [0.2, 0.25) is 0 Å². The number of amides is 3. The molecule has 25 heavy (non-hydrogen) atoms. The maximum Gasteiger partial charge on any atom is 0.316 e. The second-order valence-electron chi connectivity index (χ2n) is 5.44. The summed E-state index contributed by atoms with van der Waals surface area (Å²) < 4.78 is 1.71. The minimum atomic E-state index is -0.678. The number of nitrogens with one attached hydrogen (secondary N) is 2. The SMILES string of the molecule is NC(=O)Nc1cccc(NC(=O)Cn2ccc(=O)c3ccccc32)c1. The van der Waals surface area contributed by atoms with Crippen molar-refractivity contribution in [3.8, 4) is 0 Å². The van der Waals surface area contributed by atoms with Gasteiger partial charge in [-0.1, -0.05) is 18.2 Å². The van der Waals surface area contributed by atoms with Gasteiger partial charge in [-0.2, -0.15) is 0 Å². The summed E-state index contributed by atoms with van der Waals surface area (Å²) in [6.07, 6.45) is 1.59. The molecule has 7 heteroatoms. The molecule has 3 rings (SSSR count). The lowest BCUT2D eigenvalue weighted by Gasteiger charge is -2.11. The highest BCUT2D eigenvalue weighted by molar-refractivity contribution is 5.93. The number of carbonyl (C=O) groups excluding carboxylic acids is 2. The van der Waals surface area contributed by atoms with E-state index in [-0.39, 0.29) is 17.9 Å². The van der Waals surface area contributed by atoms with Crippen molar-refractivity contribution < 1.29 is 9.59 Å². The third-order valence-electron chi connectivity index (χ3n) is 3.61. The molecule has 0 spiro atoms. The van der Waals surface area contributed by atoms with Gasteiger partial charge in [0.2, 0.25) is 5.91 Å². The molecule has 0 fully saturated rings. The van der Waals surface area contributed by atoms with Crippen LogP contribution in [0.3, 0.4) is 0 Å². The molecule has 1 aromatic heterocycles. The van der Waals surface area contributed by atoms with Crippen LogP contribution in [-0.2, 0) is 11.3 Å². The highest BCUT2D eigenvalue weighted by Crippen LogP contribution is 2.15. The molecule has 126 valence electrons. The molecule has 0 aliphatic rings. The van der Waals surface area contributed by atoms with Crippen molar-refractivity contribution in [2.45, 2.75) is 6.54 Å². The number of nitrogens with zero attached hydrogens (tertiary/aromatic N) is 1. The number of hydrogen-bond donors (Lipinski definition) is 3. The molecule has 4 N–H and O–H groups in total. The van der Waals surface area contributed by atoms with Crippen LogP contribution in [0.25, 0.3) is 10.9 Å². The number of carbonyl (C=O) groups is 2. The summed E-state index contributed by atoms with van der Waals surface area (Å²) >= 11 is 0. The largest absolute Gasteiger partial charge is 0.351 e. The Labute approximate surface area is 143 Å². The lowest BCUT2D eigenvalue weighted by atomic mass is 10.2. The molecule has 1 heterocycles. The standard InChI is InChI=1S/C18H16N4O3/c19-18(25)21-13-5-3-4-12(10-13)20-17(24)11-22-9-8-16(23)14-6-1-2-7-15(14)22/h1-10H,11H2,(H,20,24)(H3,19,21,25). The van der Waals surface area contributed by atoms with Gasteiger partial charge in [-0.25, -0.2) is 4.79 Å². The fraction of sp³-hybridized carbons (Fsp3) is 0.0556. The van der Waals surface area contributed by atoms with E-state index in [1.807, 2.05) is 6.07 Å². The van der Waals surface area contributed by atoms with E-state index in [9.17, 15) is 14.4 Å². The Kier molecular flexibility index (Phi) is 4.47. The lowest BCUT2D eigenvalue weighted by Crippen LogP contribution is -2.21. The molecule has 0 saturated heterocycles. The molecule has 3 aromatic rings. The Hall–Kier alpha value is -3.61. The van der Waals surface area contributed by atoms with E-state index < -0.39 is 6.03 Å². The van der Waals surface area contributed by atoms with Crippen molar-refractivity contribution in [2.75, 3.05) is 10.6 Å². The van der Waals surface area contributed by atoms with Crippen LogP contribution in [0.4, 0.5) is 16.2 Å². The average Bonchev–Trinajstić information content (AvgIpc) is 2.57. The van der Waals surface area contributed by atoms with Crippen LogP contribution in [0.5, 0.6) is 0 Å². The van der Waals surface area contributed by atoms with Crippen molar-refractivity contribution in [1.82, 2.24) is 4.57 Å². The molecule has 0 unspecified atom stereocenters. The molecule has 0 atom stereocenters. The van der Waals surface area contributed by atoms with E-state index in [1.165, 1.54) is 6.07 Å². The van der Waals surface area contributed by atoms with Gasteiger partial charge in [-0.3, -0.25) is 9.59 Å². The zero-order valence-electron chi connectivity index (χ0n) is 13.2. The smallest absolute Gasteiger partial charge is 0.316 e. The average molecular weight is 336 g/mol. The Balaban J connectivity index is 1.79. The number of nitrogens with two attached hydrogens (primary N) is 1. The summed E-state index contributed by atoms with van der Waals surface area (Å²) in [6, 6.07) is 14.5. The molecular weight excluding hydrogens is 320 g/mol. The Morgan fingerprint density at radius 2 is 1.68 bits per heavy atom. The van der Waals surface area contributed by atoms with Crippen LogP contribution in [0, 0.1) is 0 Å². The van der Waals surface area contributed by atoms with Gasteiger partial charge in [0.15, 0.2) is 5.43 Å². The van der Waals surface area contributed by atoms with Crippen LogP contribution >= 0.6 is 0 Å². The zero-order chi connectivity index (χ0) is 17.8. The Morgan fingerprint density at radius 3 is 2.44 bits per heavy atom. The maximum atomic E-state index is 12.3. The summed E-state index contributed by atoms with van der Waals surface area (Å²) in [7, 11) is 0. The van der Waals surface area contributed by atoms with Crippen LogP contribution in [0.1, 0.15) is 0 Å². The fourth-order valence-corrected chi connectivity index (χ4v) is 2.57. The highest BCUT2D eigenvalue weighted by atomic mass is 16.2.